The first-order valence-electron chi connectivity index (χ1n) is 25.7. The van der Waals surface area contributed by atoms with E-state index in [1.165, 1.54) is 67.8 Å². The van der Waals surface area contributed by atoms with E-state index in [4.69, 9.17) is 5.26 Å². The molecule has 76 heavy (non-hydrogen) atoms. The lowest BCUT2D eigenvalue weighted by atomic mass is 9.98. The van der Waals surface area contributed by atoms with E-state index in [1.807, 2.05) is 67.8 Å². The van der Waals surface area contributed by atoms with Crippen molar-refractivity contribution in [1.82, 2.24) is 9.97 Å². The summed E-state index contributed by atoms with van der Waals surface area (Å²) in [6.07, 6.45) is 3.84. The topological polar surface area (TPSA) is 49.6 Å². The van der Waals surface area contributed by atoms with Crippen molar-refractivity contribution in [3.63, 3.8) is 0 Å². The maximum atomic E-state index is 12.8. The minimum absolute atomic E-state index is 0. The van der Waals surface area contributed by atoms with Crippen molar-refractivity contribution < 1.29 is 4.39 Å². The number of aromatic nitrogens is 2. The minimum atomic E-state index is -0.220. The Bertz CT molecular complexity index is 2780. The quantitative estimate of drug-likeness (QED) is 0.145. The molecule has 396 valence electrons. The van der Waals surface area contributed by atoms with E-state index in [0.717, 1.165) is 28.1 Å². The Balaban J connectivity index is 0.000000323. The van der Waals surface area contributed by atoms with Crippen LogP contribution >= 0.6 is 0 Å². The lowest BCUT2D eigenvalue weighted by molar-refractivity contribution is 0.628. The van der Waals surface area contributed by atoms with Gasteiger partial charge in [0.05, 0.1) is 23.0 Å². The van der Waals surface area contributed by atoms with Crippen LogP contribution in [0.25, 0.3) is 44.8 Å². The van der Waals surface area contributed by atoms with Gasteiger partial charge in [-0.1, -0.05) is 255 Å². The third kappa shape index (κ3) is 20.5. The average Bonchev–Trinajstić information content (AvgIpc) is 3.43. The second kappa shape index (κ2) is 33.2. The molecule has 0 saturated heterocycles. The number of hydrogen-bond donors (Lipinski definition) is 0. The van der Waals surface area contributed by atoms with E-state index in [0.29, 0.717) is 29.6 Å². The third-order valence-corrected chi connectivity index (χ3v) is 12.5. The molecule has 0 N–H and O–H groups in total. The van der Waals surface area contributed by atoms with E-state index < -0.39 is 0 Å². The van der Waals surface area contributed by atoms with Crippen LogP contribution in [0.1, 0.15) is 160 Å². The molecule has 0 atom stereocenters. The van der Waals surface area contributed by atoms with Crippen molar-refractivity contribution in [2.24, 2.45) is 0 Å². The highest BCUT2D eigenvalue weighted by Crippen LogP contribution is 2.25. The number of benzene rings is 7. The molecule has 0 unspecified atom stereocenters. The van der Waals surface area contributed by atoms with Gasteiger partial charge in [0.25, 0.3) is 0 Å². The summed E-state index contributed by atoms with van der Waals surface area (Å²) >= 11 is 0. The van der Waals surface area contributed by atoms with E-state index in [9.17, 15) is 4.39 Å². The van der Waals surface area contributed by atoms with Crippen LogP contribution in [-0.2, 0) is 0 Å². The molecule has 7 aromatic carbocycles. The molecule has 0 radical (unpaired) electrons. The zero-order valence-corrected chi connectivity index (χ0v) is 44.9. The molecule has 9 rings (SSSR count). The maximum absolute atomic E-state index is 12.8. The molecule has 9 aromatic rings. The molecule has 3 nitrogen and oxygen atoms in total. The predicted octanol–water partition coefficient (Wildman–Crippen LogP) is 21.7. The molecular formula is C72H86FN3. The van der Waals surface area contributed by atoms with Crippen molar-refractivity contribution in [3.05, 3.63) is 263 Å². The van der Waals surface area contributed by atoms with Crippen molar-refractivity contribution in [2.45, 2.75) is 128 Å². The number of aryl methyl sites for hydroxylation is 1. The Kier molecular flexibility index (Phi) is 28.2. The number of nitrogens with zero attached hydrogens (tertiary/aromatic N) is 3. The molecule has 0 amide bonds. The van der Waals surface area contributed by atoms with Crippen molar-refractivity contribution in [1.29, 1.82) is 5.26 Å². The monoisotopic (exact) mass is 1010 g/mol. The average molecular weight is 1010 g/mol. The molecular weight excluding hydrogens is 926 g/mol. The van der Waals surface area contributed by atoms with Gasteiger partial charge in [-0.15, -0.1) is 0 Å². The van der Waals surface area contributed by atoms with Gasteiger partial charge in [0.15, 0.2) is 0 Å². The molecule has 2 heterocycles. The second-order valence-corrected chi connectivity index (χ2v) is 19.8. The first-order chi connectivity index (χ1) is 35.1. The number of nitriles is 1. The highest BCUT2D eigenvalue weighted by atomic mass is 19.1. The van der Waals surface area contributed by atoms with E-state index >= 15 is 0 Å². The van der Waals surface area contributed by atoms with Crippen LogP contribution in [-0.4, -0.2) is 9.97 Å². The first kappa shape index (κ1) is 64.4. The van der Waals surface area contributed by atoms with Gasteiger partial charge in [-0.05, 0) is 135 Å². The SMILES string of the molecule is C.C.C.CC(C)c1ccc(-c2ccc(F)cc2)nc1.CC(C)c1ccc(-c2ccccc2)cc1.CC(C)c1ccc(-c2ccccc2)cc1.CC(C)c1ccc(-c2ccccc2)nc1.Cc1ccc(C(C)C)cc1C#N. The number of pyridine rings is 2. The second-order valence-electron chi connectivity index (χ2n) is 19.8. The highest BCUT2D eigenvalue weighted by Gasteiger charge is 2.06. The molecule has 2 aromatic heterocycles. The van der Waals surface area contributed by atoms with Crippen LogP contribution < -0.4 is 0 Å². The van der Waals surface area contributed by atoms with Gasteiger partial charge >= 0.3 is 0 Å². The summed E-state index contributed by atoms with van der Waals surface area (Å²) in [4.78, 5) is 8.85. The molecule has 0 spiro atoms. The normalized spacial score (nSPS) is 10.1. The lowest BCUT2D eigenvalue weighted by Crippen LogP contribution is -1.90. The van der Waals surface area contributed by atoms with Gasteiger partial charge < -0.3 is 0 Å². The number of hydrogen-bond acceptors (Lipinski definition) is 3. The van der Waals surface area contributed by atoms with Crippen LogP contribution in [0.2, 0.25) is 0 Å². The molecule has 4 heteroatoms. The van der Waals surface area contributed by atoms with Gasteiger partial charge in [-0.2, -0.15) is 5.26 Å². The molecule has 0 aliphatic heterocycles. The Morgan fingerprint density at radius 2 is 0.632 bits per heavy atom. The fourth-order valence-corrected chi connectivity index (χ4v) is 7.57. The van der Waals surface area contributed by atoms with E-state index in [-0.39, 0.29) is 28.1 Å². The largest absolute Gasteiger partial charge is 0.256 e. The summed E-state index contributed by atoms with van der Waals surface area (Å²) in [6.45, 7) is 23.7. The van der Waals surface area contributed by atoms with Gasteiger partial charge in [0.2, 0.25) is 0 Å². The zero-order valence-electron chi connectivity index (χ0n) is 44.9. The maximum Gasteiger partial charge on any atom is 0.123 e. The third-order valence-electron chi connectivity index (χ3n) is 12.5. The highest BCUT2D eigenvalue weighted by molar-refractivity contribution is 5.65. The smallest absolute Gasteiger partial charge is 0.123 e. The Morgan fingerprint density at radius 1 is 0.342 bits per heavy atom. The summed E-state index contributed by atoms with van der Waals surface area (Å²) in [5.41, 5.74) is 17.6. The van der Waals surface area contributed by atoms with Crippen LogP contribution in [0.15, 0.2) is 219 Å². The molecule has 0 aliphatic carbocycles. The zero-order chi connectivity index (χ0) is 52.7. The van der Waals surface area contributed by atoms with Gasteiger partial charge in [0, 0.05) is 23.5 Å². The van der Waals surface area contributed by atoms with Gasteiger partial charge in [-0.25, -0.2) is 4.39 Å². The number of rotatable bonds is 9. The van der Waals surface area contributed by atoms with Crippen molar-refractivity contribution in [3.8, 4) is 50.8 Å². The van der Waals surface area contributed by atoms with Crippen LogP contribution in [0.3, 0.4) is 0 Å². The van der Waals surface area contributed by atoms with Crippen LogP contribution in [0.5, 0.6) is 0 Å². The summed E-state index contributed by atoms with van der Waals surface area (Å²) in [7, 11) is 0. The standard InChI is InChI=1S/2C15H16.C14H14FN.C14H15N.C11H13N.3CH4/c2*1-12(2)13-8-10-15(11-9-13)14-6-4-3-5-7-14;1-10(2)12-5-8-14(16-9-12)11-3-6-13(15)7-4-11;1-11(2)13-8-9-14(15-10-13)12-6-4-3-5-7-12;1-8(2)10-5-4-9(3)11(6-10)7-12;;;/h2*3-12H,1-2H3;3-10H,1-2H3;3-11H,1-2H3;4-6,8H,1-3H3;3*1H4. The Morgan fingerprint density at radius 3 is 0.947 bits per heavy atom. The fraction of sp³-hybridized carbons (Fsp3) is 0.264. The molecule has 0 bridgehead atoms. The Labute approximate surface area is 459 Å². The lowest BCUT2D eigenvalue weighted by Gasteiger charge is -2.06. The van der Waals surface area contributed by atoms with E-state index in [2.05, 4.69) is 219 Å². The summed E-state index contributed by atoms with van der Waals surface area (Å²) < 4.78 is 12.8. The van der Waals surface area contributed by atoms with Gasteiger partial charge in [-0.3, -0.25) is 9.97 Å². The van der Waals surface area contributed by atoms with Crippen molar-refractivity contribution >= 4 is 0 Å². The summed E-state index contributed by atoms with van der Waals surface area (Å²) in [5, 5.41) is 8.77. The van der Waals surface area contributed by atoms with E-state index in [1.54, 1.807) is 12.1 Å². The summed E-state index contributed by atoms with van der Waals surface area (Å²) in [5.74, 6) is 2.52. The van der Waals surface area contributed by atoms with Crippen molar-refractivity contribution in [2.75, 3.05) is 0 Å². The minimum Gasteiger partial charge on any atom is -0.256 e. The predicted molar refractivity (Wildman–Crippen MR) is 330 cm³/mol. The molecule has 0 fully saturated rings. The Hall–Kier alpha value is -7.74. The van der Waals surface area contributed by atoms with Gasteiger partial charge in [0.1, 0.15) is 5.82 Å². The fourth-order valence-electron chi connectivity index (χ4n) is 7.57. The van der Waals surface area contributed by atoms with Crippen LogP contribution in [0.4, 0.5) is 4.39 Å². The van der Waals surface area contributed by atoms with Crippen LogP contribution in [0, 0.1) is 24.1 Å². The molecule has 0 saturated carbocycles. The summed E-state index contributed by atoms with van der Waals surface area (Å²) in [6, 6.07) is 71.8. The first-order valence-corrected chi connectivity index (χ1v) is 25.7. The number of halogens is 1. The molecule has 0 aliphatic rings.